The Morgan fingerprint density at radius 3 is 2.81 bits per heavy atom. The van der Waals surface area contributed by atoms with Gasteiger partial charge in [0.05, 0.1) is 4.92 Å². The Kier molecular flexibility index (Phi) is 4.53. The van der Waals surface area contributed by atoms with Gasteiger partial charge in [-0.25, -0.2) is 4.98 Å². The monoisotopic (exact) mass is 295 g/mol. The molecular weight excluding hydrogens is 278 g/mol. The van der Waals surface area contributed by atoms with Gasteiger partial charge in [0.25, 0.3) is 5.69 Å². The molecule has 114 valence electrons. The fourth-order valence-corrected chi connectivity index (χ4v) is 2.16. The molecule has 1 aromatic rings. The van der Waals surface area contributed by atoms with Crippen LogP contribution in [0.3, 0.4) is 0 Å². The van der Waals surface area contributed by atoms with Gasteiger partial charge in [-0.15, -0.1) is 0 Å². The van der Waals surface area contributed by atoms with E-state index in [9.17, 15) is 10.1 Å². The van der Waals surface area contributed by atoms with E-state index in [0.29, 0.717) is 0 Å². The molecule has 0 aliphatic carbocycles. The van der Waals surface area contributed by atoms with Crippen molar-refractivity contribution in [2.24, 2.45) is 10.9 Å². The zero-order chi connectivity index (χ0) is 15.4. The molecule has 0 aromatic carbocycles. The second-order valence-corrected chi connectivity index (χ2v) is 4.88. The molecule has 9 heteroatoms. The summed E-state index contributed by atoms with van der Waals surface area (Å²) < 4.78 is 5.72. The first-order valence-corrected chi connectivity index (χ1v) is 6.49. The number of oxime groups is 1. The van der Waals surface area contributed by atoms with Crippen LogP contribution in [0.1, 0.15) is 18.5 Å². The van der Waals surface area contributed by atoms with Gasteiger partial charge in [0.15, 0.2) is 11.5 Å². The van der Waals surface area contributed by atoms with Crippen molar-refractivity contribution < 1.29 is 14.9 Å². The van der Waals surface area contributed by atoms with Gasteiger partial charge in [-0.3, -0.25) is 10.1 Å². The highest BCUT2D eigenvalue weighted by atomic mass is 16.6. The lowest BCUT2D eigenvalue weighted by molar-refractivity contribution is -0.385. The number of likely N-dealkylation sites (tertiary alicyclic amines) is 1. The van der Waals surface area contributed by atoms with Crippen LogP contribution in [-0.4, -0.2) is 52.1 Å². The van der Waals surface area contributed by atoms with E-state index >= 15 is 0 Å². The molecule has 1 aromatic heterocycles. The van der Waals surface area contributed by atoms with Crippen molar-refractivity contribution in [3.05, 3.63) is 27.9 Å². The van der Waals surface area contributed by atoms with Crippen LogP contribution in [0.5, 0.6) is 5.88 Å². The highest BCUT2D eigenvalue weighted by molar-refractivity contribution is 5.98. The Balaban J connectivity index is 2.19. The summed E-state index contributed by atoms with van der Waals surface area (Å²) in [5.74, 6) is -0.188. The van der Waals surface area contributed by atoms with E-state index in [1.807, 2.05) is 7.05 Å². The average molecular weight is 295 g/mol. The first kappa shape index (κ1) is 15.0. The third-order valence-electron chi connectivity index (χ3n) is 3.35. The minimum absolute atomic E-state index is 0.00953. The maximum atomic E-state index is 10.9. The SMILES string of the molecule is CN1CCC(Oc2ccc([N+](=O)[O-])c(/C(N)=N/O)n2)CC1. The average Bonchev–Trinajstić information content (AvgIpc) is 2.48. The van der Waals surface area contributed by atoms with Crippen LogP contribution in [0.25, 0.3) is 0 Å². The third-order valence-corrected chi connectivity index (χ3v) is 3.35. The predicted octanol–water partition coefficient (Wildman–Crippen LogP) is 0.557. The molecule has 1 saturated heterocycles. The van der Waals surface area contributed by atoms with Crippen LogP contribution in [0.15, 0.2) is 17.3 Å². The molecule has 0 spiro atoms. The van der Waals surface area contributed by atoms with Crippen LogP contribution in [0.4, 0.5) is 5.69 Å². The van der Waals surface area contributed by atoms with Crippen molar-refractivity contribution in [3.8, 4) is 5.88 Å². The Morgan fingerprint density at radius 2 is 2.24 bits per heavy atom. The highest BCUT2D eigenvalue weighted by Gasteiger charge is 2.23. The number of piperidine rings is 1. The Labute approximate surface area is 121 Å². The standard InChI is InChI=1S/C12H17N5O4/c1-16-6-4-8(5-7-16)21-10-3-2-9(17(19)20)11(14-10)12(13)15-18/h2-3,8,18H,4-7H2,1H3,(H2,13,15). The number of pyridine rings is 1. The molecule has 0 atom stereocenters. The van der Waals surface area contributed by atoms with Crippen LogP contribution < -0.4 is 10.5 Å². The smallest absolute Gasteiger partial charge is 0.299 e. The summed E-state index contributed by atoms with van der Waals surface area (Å²) in [5, 5.41) is 22.4. The molecule has 2 rings (SSSR count). The summed E-state index contributed by atoms with van der Waals surface area (Å²) in [6.45, 7) is 1.84. The zero-order valence-corrected chi connectivity index (χ0v) is 11.6. The number of rotatable bonds is 4. The minimum Gasteiger partial charge on any atom is -0.474 e. The van der Waals surface area contributed by atoms with Gasteiger partial charge in [0.1, 0.15) is 6.10 Å². The third kappa shape index (κ3) is 3.57. The van der Waals surface area contributed by atoms with Gasteiger partial charge in [-0.1, -0.05) is 5.16 Å². The first-order valence-electron chi connectivity index (χ1n) is 6.49. The van der Waals surface area contributed by atoms with E-state index in [1.165, 1.54) is 12.1 Å². The van der Waals surface area contributed by atoms with Crippen molar-refractivity contribution in [1.82, 2.24) is 9.88 Å². The Hall–Kier alpha value is -2.42. The van der Waals surface area contributed by atoms with E-state index in [0.717, 1.165) is 25.9 Å². The van der Waals surface area contributed by atoms with E-state index in [2.05, 4.69) is 15.0 Å². The maximum Gasteiger partial charge on any atom is 0.299 e. The van der Waals surface area contributed by atoms with Crippen molar-refractivity contribution in [2.45, 2.75) is 18.9 Å². The van der Waals surface area contributed by atoms with Crippen LogP contribution in [0, 0.1) is 10.1 Å². The molecule has 9 nitrogen and oxygen atoms in total. The van der Waals surface area contributed by atoms with Gasteiger partial charge < -0.3 is 20.6 Å². The number of ether oxygens (including phenoxy) is 1. The van der Waals surface area contributed by atoms with Crippen LogP contribution in [0.2, 0.25) is 0 Å². The number of nitrogens with zero attached hydrogens (tertiary/aromatic N) is 4. The molecule has 0 amide bonds. The first-order chi connectivity index (χ1) is 10.0. The summed E-state index contributed by atoms with van der Waals surface area (Å²) in [5.41, 5.74) is 4.89. The predicted molar refractivity (Wildman–Crippen MR) is 74.5 cm³/mol. The summed E-state index contributed by atoms with van der Waals surface area (Å²) >= 11 is 0. The van der Waals surface area contributed by atoms with E-state index in [-0.39, 0.29) is 23.4 Å². The number of nitrogens with two attached hydrogens (primary N) is 1. The molecule has 0 unspecified atom stereocenters. The molecule has 1 fully saturated rings. The van der Waals surface area contributed by atoms with Gasteiger partial charge in [0, 0.05) is 25.2 Å². The second kappa shape index (κ2) is 6.35. The lowest BCUT2D eigenvalue weighted by atomic mass is 10.1. The lowest BCUT2D eigenvalue weighted by Crippen LogP contribution is -2.35. The van der Waals surface area contributed by atoms with Gasteiger partial charge >= 0.3 is 0 Å². The molecule has 1 aliphatic heterocycles. The lowest BCUT2D eigenvalue weighted by Gasteiger charge is -2.28. The molecule has 0 saturated carbocycles. The van der Waals surface area contributed by atoms with Crippen molar-refractivity contribution in [2.75, 3.05) is 20.1 Å². The quantitative estimate of drug-likeness (QED) is 0.273. The van der Waals surface area contributed by atoms with Crippen molar-refractivity contribution in [3.63, 3.8) is 0 Å². The molecule has 1 aliphatic rings. The summed E-state index contributed by atoms with van der Waals surface area (Å²) in [6.07, 6.45) is 1.72. The zero-order valence-electron chi connectivity index (χ0n) is 11.6. The number of nitro groups is 1. The molecule has 0 bridgehead atoms. The Morgan fingerprint density at radius 1 is 1.57 bits per heavy atom. The summed E-state index contributed by atoms with van der Waals surface area (Å²) in [4.78, 5) is 16.5. The normalized spacial score (nSPS) is 17.7. The topological polar surface area (TPSA) is 127 Å². The fourth-order valence-electron chi connectivity index (χ4n) is 2.16. The van der Waals surface area contributed by atoms with Crippen molar-refractivity contribution in [1.29, 1.82) is 0 Å². The fraction of sp³-hybridized carbons (Fsp3) is 0.500. The van der Waals surface area contributed by atoms with E-state index < -0.39 is 10.8 Å². The largest absolute Gasteiger partial charge is 0.474 e. The number of aromatic nitrogens is 1. The second-order valence-electron chi connectivity index (χ2n) is 4.88. The molecule has 21 heavy (non-hydrogen) atoms. The molecular formula is C12H17N5O4. The Bertz CT molecular complexity index is 555. The molecule has 3 N–H and O–H groups in total. The van der Waals surface area contributed by atoms with Gasteiger partial charge in [-0.2, -0.15) is 0 Å². The van der Waals surface area contributed by atoms with E-state index in [4.69, 9.17) is 15.7 Å². The maximum absolute atomic E-state index is 10.9. The van der Waals surface area contributed by atoms with Gasteiger partial charge in [0.2, 0.25) is 5.88 Å². The summed E-state index contributed by atoms with van der Waals surface area (Å²) in [6, 6.07) is 2.66. The van der Waals surface area contributed by atoms with E-state index in [1.54, 1.807) is 0 Å². The number of hydrogen-bond donors (Lipinski definition) is 2. The van der Waals surface area contributed by atoms with Gasteiger partial charge in [-0.05, 0) is 19.9 Å². The summed E-state index contributed by atoms with van der Waals surface area (Å²) in [7, 11) is 2.04. The molecule has 2 heterocycles. The minimum atomic E-state index is -0.639. The highest BCUT2D eigenvalue weighted by Crippen LogP contribution is 2.22. The van der Waals surface area contributed by atoms with Crippen LogP contribution >= 0.6 is 0 Å². The number of amidine groups is 1. The molecule has 0 radical (unpaired) electrons. The van der Waals surface area contributed by atoms with Crippen LogP contribution in [-0.2, 0) is 0 Å². The number of hydrogen-bond acceptors (Lipinski definition) is 7. The van der Waals surface area contributed by atoms with Crippen molar-refractivity contribution >= 4 is 11.5 Å².